The van der Waals surface area contributed by atoms with Crippen LogP contribution in [0.2, 0.25) is 0 Å². The molecule has 0 atom stereocenters. The number of ether oxygens (including phenoxy) is 2. The van der Waals surface area contributed by atoms with Gasteiger partial charge in [0.2, 0.25) is 0 Å². The molecule has 3 aromatic rings. The van der Waals surface area contributed by atoms with Crippen LogP contribution in [0, 0.1) is 6.92 Å². The van der Waals surface area contributed by atoms with E-state index < -0.39 is 0 Å². The fraction of sp³-hybridized carbons (Fsp3) is 0.136. The predicted octanol–water partition coefficient (Wildman–Crippen LogP) is 4.78. The van der Waals surface area contributed by atoms with E-state index in [-0.39, 0.29) is 19.2 Å². The first-order valence-corrected chi connectivity index (χ1v) is 8.20. The van der Waals surface area contributed by atoms with Crippen molar-refractivity contribution in [1.82, 2.24) is 0 Å². The number of benzene rings is 3. The van der Waals surface area contributed by atoms with Gasteiger partial charge in [0.25, 0.3) is 0 Å². The molecule has 0 spiro atoms. The van der Waals surface area contributed by atoms with Crippen molar-refractivity contribution in [3.8, 4) is 16.9 Å². The zero-order valence-electron chi connectivity index (χ0n) is 14.1. The van der Waals surface area contributed by atoms with Crippen LogP contribution in [0.15, 0.2) is 78.9 Å². The zero-order chi connectivity index (χ0) is 17.5. The average Bonchev–Trinajstić information content (AvgIpc) is 2.67. The molecule has 0 saturated heterocycles. The third-order valence-corrected chi connectivity index (χ3v) is 3.84. The van der Waals surface area contributed by atoms with Gasteiger partial charge in [-0.25, -0.2) is 4.79 Å². The highest BCUT2D eigenvalue weighted by Crippen LogP contribution is 2.22. The van der Waals surface area contributed by atoms with Crippen molar-refractivity contribution in [1.29, 1.82) is 0 Å². The molecule has 0 heterocycles. The molecule has 3 rings (SSSR count). The average molecular weight is 332 g/mol. The van der Waals surface area contributed by atoms with Crippen molar-refractivity contribution in [2.24, 2.45) is 0 Å². The lowest BCUT2D eigenvalue weighted by molar-refractivity contribution is -0.147. The minimum absolute atomic E-state index is 0.100. The Balaban J connectivity index is 1.50. The molecule has 0 radical (unpaired) electrons. The van der Waals surface area contributed by atoms with Crippen molar-refractivity contribution < 1.29 is 14.3 Å². The third kappa shape index (κ3) is 4.95. The maximum atomic E-state index is 11.8. The van der Waals surface area contributed by atoms with E-state index in [2.05, 4.69) is 31.2 Å². The van der Waals surface area contributed by atoms with Crippen LogP contribution in [0.5, 0.6) is 5.75 Å². The van der Waals surface area contributed by atoms with Crippen LogP contribution >= 0.6 is 0 Å². The van der Waals surface area contributed by atoms with Crippen LogP contribution in [0.1, 0.15) is 11.1 Å². The van der Waals surface area contributed by atoms with Crippen molar-refractivity contribution in [3.63, 3.8) is 0 Å². The molecule has 3 heteroatoms. The minimum atomic E-state index is -0.383. The first-order chi connectivity index (χ1) is 12.2. The number of carbonyl (C=O) groups is 1. The predicted molar refractivity (Wildman–Crippen MR) is 98.3 cm³/mol. The van der Waals surface area contributed by atoms with E-state index in [1.54, 1.807) is 0 Å². The molecule has 25 heavy (non-hydrogen) atoms. The number of aryl methyl sites for hydroxylation is 1. The summed E-state index contributed by atoms with van der Waals surface area (Å²) in [6.07, 6.45) is 0. The number of rotatable bonds is 6. The maximum Gasteiger partial charge on any atom is 0.344 e. The van der Waals surface area contributed by atoms with Crippen molar-refractivity contribution in [2.75, 3.05) is 6.61 Å². The summed E-state index contributed by atoms with van der Waals surface area (Å²) in [6, 6.07) is 25.6. The van der Waals surface area contributed by atoms with Crippen LogP contribution < -0.4 is 4.74 Å². The molecular weight excluding hydrogens is 312 g/mol. The van der Waals surface area contributed by atoms with E-state index in [4.69, 9.17) is 9.47 Å². The van der Waals surface area contributed by atoms with Gasteiger partial charge in [0, 0.05) is 0 Å². The van der Waals surface area contributed by atoms with E-state index in [0.717, 1.165) is 16.7 Å². The standard InChI is InChI=1S/C22H20O3/c1-17-7-9-19(10-8-17)20-11-13-21(14-12-20)24-16-22(23)25-15-18-5-3-2-4-6-18/h2-14H,15-16H2,1H3. The molecule has 3 aromatic carbocycles. The van der Waals surface area contributed by atoms with E-state index in [1.807, 2.05) is 54.6 Å². The van der Waals surface area contributed by atoms with Gasteiger partial charge in [-0.2, -0.15) is 0 Å². The topological polar surface area (TPSA) is 35.5 Å². The second kappa shape index (κ2) is 8.15. The third-order valence-electron chi connectivity index (χ3n) is 3.84. The zero-order valence-corrected chi connectivity index (χ0v) is 14.1. The Morgan fingerprint density at radius 1 is 0.800 bits per heavy atom. The summed E-state index contributed by atoms with van der Waals surface area (Å²) in [6.45, 7) is 2.23. The van der Waals surface area contributed by atoms with E-state index in [1.165, 1.54) is 5.56 Å². The largest absolute Gasteiger partial charge is 0.482 e. The van der Waals surface area contributed by atoms with Gasteiger partial charge < -0.3 is 9.47 Å². The highest BCUT2D eigenvalue weighted by atomic mass is 16.6. The highest BCUT2D eigenvalue weighted by Gasteiger charge is 2.05. The Hall–Kier alpha value is -3.07. The molecule has 0 aliphatic carbocycles. The van der Waals surface area contributed by atoms with Gasteiger partial charge in [0.05, 0.1) is 0 Å². The summed E-state index contributed by atoms with van der Waals surface area (Å²) in [5, 5.41) is 0. The normalized spacial score (nSPS) is 10.3. The molecule has 0 aliphatic heterocycles. The first kappa shape index (κ1) is 16.8. The molecule has 0 aliphatic rings. The molecule has 0 fully saturated rings. The fourth-order valence-electron chi connectivity index (χ4n) is 2.41. The van der Waals surface area contributed by atoms with Crippen LogP contribution in [0.4, 0.5) is 0 Å². The smallest absolute Gasteiger partial charge is 0.344 e. The van der Waals surface area contributed by atoms with E-state index >= 15 is 0 Å². The summed E-state index contributed by atoms with van der Waals surface area (Å²) >= 11 is 0. The maximum absolute atomic E-state index is 11.8. The van der Waals surface area contributed by atoms with Gasteiger partial charge in [-0.3, -0.25) is 0 Å². The Bertz CT molecular complexity index is 806. The Kier molecular flexibility index (Phi) is 5.47. The lowest BCUT2D eigenvalue weighted by atomic mass is 10.0. The molecule has 3 nitrogen and oxygen atoms in total. The molecule has 126 valence electrons. The van der Waals surface area contributed by atoms with Crippen LogP contribution in [-0.2, 0) is 16.1 Å². The van der Waals surface area contributed by atoms with Crippen molar-refractivity contribution in [2.45, 2.75) is 13.5 Å². The lowest BCUT2D eigenvalue weighted by Gasteiger charge is -2.08. The number of hydrogen-bond acceptors (Lipinski definition) is 3. The molecule has 0 unspecified atom stereocenters. The Morgan fingerprint density at radius 3 is 2.04 bits per heavy atom. The van der Waals surface area contributed by atoms with Crippen LogP contribution in [0.3, 0.4) is 0 Å². The Morgan fingerprint density at radius 2 is 1.40 bits per heavy atom. The van der Waals surface area contributed by atoms with Gasteiger partial charge in [-0.1, -0.05) is 72.3 Å². The first-order valence-electron chi connectivity index (χ1n) is 8.20. The number of hydrogen-bond donors (Lipinski definition) is 0. The van der Waals surface area contributed by atoms with Gasteiger partial charge in [0.15, 0.2) is 6.61 Å². The molecule has 0 saturated carbocycles. The van der Waals surface area contributed by atoms with Crippen LogP contribution in [0.25, 0.3) is 11.1 Å². The lowest BCUT2D eigenvalue weighted by Crippen LogP contribution is -2.14. The molecule has 0 bridgehead atoms. The van der Waals surface area contributed by atoms with E-state index in [0.29, 0.717) is 5.75 Å². The fourth-order valence-corrected chi connectivity index (χ4v) is 2.41. The van der Waals surface area contributed by atoms with Gasteiger partial charge in [-0.05, 0) is 35.7 Å². The summed E-state index contributed by atoms with van der Waals surface area (Å²) in [7, 11) is 0. The Labute approximate surface area is 147 Å². The summed E-state index contributed by atoms with van der Waals surface area (Å²) in [5.41, 5.74) is 4.45. The van der Waals surface area contributed by atoms with Crippen molar-refractivity contribution >= 4 is 5.97 Å². The molecular formula is C22H20O3. The number of carbonyl (C=O) groups excluding carboxylic acids is 1. The quantitative estimate of drug-likeness (QED) is 0.609. The second-order valence-electron chi connectivity index (χ2n) is 5.83. The molecule has 0 amide bonds. The van der Waals surface area contributed by atoms with Gasteiger partial charge in [0.1, 0.15) is 12.4 Å². The van der Waals surface area contributed by atoms with Gasteiger partial charge in [-0.15, -0.1) is 0 Å². The van der Waals surface area contributed by atoms with Crippen LogP contribution in [-0.4, -0.2) is 12.6 Å². The number of esters is 1. The minimum Gasteiger partial charge on any atom is -0.482 e. The summed E-state index contributed by atoms with van der Waals surface area (Å²) in [4.78, 5) is 11.8. The summed E-state index contributed by atoms with van der Waals surface area (Å²) in [5.74, 6) is 0.263. The monoisotopic (exact) mass is 332 g/mol. The highest BCUT2D eigenvalue weighted by molar-refractivity contribution is 5.71. The van der Waals surface area contributed by atoms with Crippen molar-refractivity contribution in [3.05, 3.63) is 90.0 Å². The van der Waals surface area contributed by atoms with Gasteiger partial charge >= 0.3 is 5.97 Å². The molecule has 0 aromatic heterocycles. The summed E-state index contributed by atoms with van der Waals surface area (Å²) < 4.78 is 10.7. The van der Waals surface area contributed by atoms with E-state index in [9.17, 15) is 4.79 Å². The SMILES string of the molecule is Cc1ccc(-c2ccc(OCC(=O)OCc3ccccc3)cc2)cc1. The molecule has 0 N–H and O–H groups in total. The second-order valence-corrected chi connectivity index (χ2v) is 5.83.